The molecule has 0 unspecified atom stereocenters. The Morgan fingerprint density at radius 2 is 1.77 bits per heavy atom. The predicted molar refractivity (Wildman–Crippen MR) is 111 cm³/mol. The van der Waals surface area contributed by atoms with Crippen molar-refractivity contribution >= 4 is 17.4 Å². The van der Waals surface area contributed by atoms with Crippen molar-refractivity contribution < 1.29 is 4.74 Å². The lowest BCUT2D eigenvalue weighted by molar-refractivity contribution is 0.305. The average Bonchev–Trinajstić information content (AvgIpc) is 3.10. The number of ether oxygens (including phenoxy) is 1. The molecule has 0 radical (unpaired) electrons. The van der Waals surface area contributed by atoms with Crippen LogP contribution in [0.4, 0.5) is 5.69 Å². The summed E-state index contributed by atoms with van der Waals surface area (Å²) >= 11 is 1.90. The fraction of sp³-hybridized carbons (Fsp3) is 0.217. The van der Waals surface area contributed by atoms with Crippen LogP contribution in [0.3, 0.4) is 0 Å². The van der Waals surface area contributed by atoms with Crippen LogP contribution in [-0.4, -0.2) is 12.4 Å². The Balaban J connectivity index is 1.45. The van der Waals surface area contributed by atoms with Gasteiger partial charge in [0.15, 0.2) is 0 Å². The summed E-state index contributed by atoms with van der Waals surface area (Å²) in [5.41, 5.74) is 4.99. The number of rotatable bonds is 6. The molecule has 0 fully saturated rings. The molecular formula is C23H23NOS. The Bertz CT molecular complexity index is 878. The quantitative estimate of drug-likeness (QED) is 0.518. The molecule has 2 nitrogen and oxygen atoms in total. The second-order valence-electron chi connectivity index (χ2n) is 6.52. The molecule has 0 aromatic heterocycles. The lowest BCUT2D eigenvalue weighted by Gasteiger charge is -2.17. The van der Waals surface area contributed by atoms with Gasteiger partial charge in [-0.15, -0.1) is 11.8 Å². The zero-order valence-electron chi connectivity index (χ0n) is 15.0. The van der Waals surface area contributed by atoms with E-state index in [-0.39, 0.29) is 0 Å². The number of benzene rings is 3. The van der Waals surface area contributed by atoms with Gasteiger partial charge in [-0.3, -0.25) is 0 Å². The minimum atomic E-state index is 0.586. The molecule has 1 heterocycles. The highest BCUT2D eigenvalue weighted by molar-refractivity contribution is 7.99. The summed E-state index contributed by atoms with van der Waals surface area (Å²) in [6.07, 6.45) is 1.18. The highest BCUT2D eigenvalue weighted by Gasteiger charge is 2.19. The maximum Gasteiger partial charge on any atom is 0.121 e. The molecule has 3 aromatic rings. The summed E-state index contributed by atoms with van der Waals surface area (Å²) in [6.45, 7) is 3.93. The predicted octanol–water partition coefficient (Wildman–Crippen LogP) is 6.21. The van der Waals surface area contributed by atoms with Crippen LogP contribution in [0.1, 0.15) is 18.9 Å². The highest BCUT2D eigenvalue weighted by Crippen LogP contribution is 2.40. The van der Waals surface area contributed by atoms with Gasteiger partial charge < -0.3 is 9.64 Å². The number of nitrogens with zero attached hydrogens (tertiary/aromatic N) is 1. The smallest absolute Gasteiger partial charge is 0.121 e. The van der Waals surface area contributed by atoms with Crippen LogP contribution in [0.25, 0.3) is 11.1 Å². The number of hydrogen-bond acceptors (Lipinski definition) is 3. The molecule has 0 aliphatic carbocycles. The molecule has 0 bridgehead atoms. The van der Waals surface area contributed by atoms with E-state index in [2.05, 4.69) is 78.6 Å². The van der Waals surface area contributed by atoms with Crippen LogP contribution in [0.5, 0.6) is 5.75 Å². The van der Waals surface area contributed by atoms with Gasteiger partial charge in [-0.2, -0.15) is 0 Å². The van der Waals surface area contributed by atoms with Gasteiger partial charge >= 0.3 is 0 Å². The molecule has 4 rings (SSSR count). The van der Waals surface area contributed by atoms with Gasteiger partial charge in [-0.25, -0.2) is 0 Å². The van der Waals surface area contributed by atoms with Gasteiger partial charge in [0, 0.05) is 11.4 Å². The summed E-state index contributed by atoms with van der Waals surface area (Å²) in [5.74, 6) is 1.99. The van der Waals surface area contributed by atoms with Gasteiger partial charge in [0.25, 0.3) is 0 Å². The number of hydrogen-bond donors (Lipinski definition) is 0. The van der Waals surface area contributed by atoms with Crippen LogP contribution in [0, 0.1) is 0 Å². The Hall–Kier alpha value is -2.39. The summed E-state index contributed by atoms with van der Waals surface area (Å²) in [7, 11) is 0. The van der Waals surface area contributed by atoms with Gasteiger partial charge in [0.2, 0.25) is 0 Å². The molecule has 0 spiro atoms. The van der Waals surface area contributed by atoms with Gasteiger partial charge in [-0.1, -0.05) is 55.5 Å². The third kappa shape index (κ3) is 3.73. The van der Waals surface area contributed by atoms with Crippen molar-refractivity contribution in [1.82, 2.24) is 0 Å². The van der Waals surface area contributed by atoms with Crippen molar-refractivity contribution in [3.05, 3.63) is 78.4 Å². The molecule has 1 aliphatic heterocycles. The topological polar surface area (TPSA) is 12.5 Å². The van der Waals surface area contributed by atoms with Crippen LogP contribution in [0.15, 0.2) is 77.7 Å². The molecule has 0 saturated heterocycles. The van der Waals surface area contributed by atoms with E-state index in [9.17, 15) is 0 Å². The molecule has 26 heavy (non-hydrogen) atoms. The maximum atomic E-state index is 6.07. The number of thioether (sulfide) groups is 1. The van der Waals surface area contributed by atoms with E-state index in [0.717, 1.165) is 18.2 Å². The molecule has 3 aromatic carbocycles. The lowest BCUT2D eigenvalue weighted by Crippen LogP contribution is -2.19. The Labute approximate surface area is 159 Å². The fourth-order valence-electron chi connectivity index (χ4n) is 3.27. The van der Waals surface area contributed by atoms with E-state index in [4.69, 9.17) is 4.74 Å². The first kappa shape index (κ1) is 17.0. The third-order valence-corrected chi connectivity index (χ3v) is 5.66. The lowest BCUT2D eigenvalue weighted by atomic mass is 10.0. The summed E-state index contributed by atoms with van der Waals surface area (Å²) in [4.78, 5) is 3.77. The molecule has 0 amide bonds. The van der Waals surface area contributed by atoms with Crippen LogP contribution >= 0.6 is 11.8 Å². The Morgan fingerprint density at radius 1 is 0.923 bits per heavy atom. The second kappa shape index (κ2) is 7.88. The second-order valence-corrected chi connectivity index (χ2v) is 7.51. The van der Waals surface area contributed by atoms with E-state index in [1.165, 1.54) is 33.7 Å². The summed E-state index contributed by atoms with van der Waals surface area (Å²) in [6, 6.07) is 25.5. The van der Waals surface area contributed by atoms with Crippen molar-refractivity contribution in [2.75, 3.05) is 17.3 Å². The van der Waals surface area contributed by atoms with Crippen LogP contribution < -0.4 is 9.64 Å². The zero-order valence-corrected chi connectivity index (χ0v) is 15.8. The van der Waals surface area contributed by atoms with Crippen LogP contribution in [-0.2, 0) is 6.61 Å². The van der Waals surface area contributed by atoms with E-state index in [1.54, 1.807) is 0 Å². The van der Waals surface area contributed by atoms with Gasteiger partial charge in [-0.05, 0) is 47.4 Å². The van der Waals surface area contributed by atoms with Gasteiger partial charge in [0.05, 0.1) is 11.6 Å². The zero-order chi connectivity index (χ0) is 17.8. The highest BCUT2D eigenvalue weighted by atomic mass is 32.2. The summed E-state index contributed by atoms with van der Waals surface area (Å²) in [5, 5.41) is 0. The van der Waals surface area contributed by atoms with Gasteiger partial charge in [0.1, 0.15) is 12.4 Å². The SMILES string of the molecule is CCCN1CSc2cc(OCc3cccc(-c4ccccc4)c3)ccc21. The minimum absolute atomic E-state index is 0.586. The molecule has 1 aliphatic rings. The van der Waals surface area contributed by atoms with E-state index >= 15 is 0 Å². The number of anilines is 1. The maximum absolute atomic E-state index is 6.07. The van der Waals surface area contributed by atoms with E-state index < -0.39 is 0 Å². The normalized spacial score (nSPS) is 12.9. The Morgan fingerprint density at radius 3 is 2.62 bits per heavy atom. The number of fused-ring (bicyclic) bond motifs is 1. The first-order chi connectivity index (χ1) is 12.8. The van der Waals surface area contributed by atoms with Crippen LogP contribution in [0.2, 0.25) is 0 Å². The van der Waals surface area contributed by atoms with Crippen molar-refractivity contribution in [2.24, 2.45) is 0 Å². The summed E-state index contributed by atoms with van der Waals surface area (Å²) < 4.78 is 6.07. The van der Waals surface area contributed by atoms with Crippen molar-refractivity contribution in [3.63, 3.8) is 0 Å². The first-order valence-electron chi connectivity index (χ1n) is 9.12. The molecule has 0 N–H and O–H groups in total. The monoisotopic (exact) mass is 361 g/mol. The van der Waals surface area contributed by atoms with Crippen molar-refractivity contribution in [1.29, 1.82) is 0 Å². The molecule has 132 valence electrons. The standard InChI is InChI=1S/C23H23NOS/c1-2-13-24-17-26-23-15-21(11-12-22(23)24)25-16-18-7-6-10-20(14-18)19-8-4-3-5-9-19/h3-12,14-15H,2,13,16-17H2,1H3. The van der Waals surface area contributed by atoms with E-state index in [0.29, 0.717) is 6.61 Å². The van der Waals surface area contributed by atoms with E-state index in [1.807, 2.05) is 17.8 Å². The minimum Gasteiger partial charge on any atom is -0.489 e. The Kier molecular flexibility index (Phi) is 5.16. The largest absolute Gasteiger partial charge is 0.489 e. The third-order valence-electron chi connectivity index (χ3n) is 4.58. The molecular weight excluding hydrogens is 338 g/mol. The molecule has 0 atom stereocenters. The molecule has 3 heteroatoms. The fourth-order valence-corrected chi connectivity index (χ4v) is 4.38. The molecule has 0 saturated carbocycles. The average molecular weight is 362 g/mol. The van der Waals surface area contributed by atoms with Crippen molar-refractivity contribution in [3.8, 4) is 16.9 Å². The van der Waals surface area contributed by atoms with Crippen molar-refractivity contribution in [2.45, 2.75) is 24.8 Å². The first-order valence-corrected chi connectivity index (χ1v) is 10.1.